The molecule has 1 heterocycles. The fourth-order valence-corrected chi connectivity index (χ4v) is 3.13. The van der Waals surface area contributed by atoms with E-state index < -0.39 is 0 Å². The highest BCUT2D eigenvalue weighted by Crippen LogP contribution is 2.15. The van der Waals surface area contributed by atoms with Crippen molar-refractivity contribution >= 4 is 28.8 Å². The van der Waals surface area contributed by atoms with Crippen molar-refractivity contribution < 1.29 is 9.90 Å². The van der Waals surface area contributed by atoms with E-state index in [1.807, 2.05) is 30.3 Å². The summed E-state index contributed by atoms with van der Waals surface area (Å²) in [6.07, 6.45) is 2.27. The van der Waals surface area contributed by atoms with Gasteiger partial charge in [0.2, 0.25) is 5.91 Å². The fraction of sp³-hybridized carbons (Fsp3) is 0.353. The minimum atomic E-state index is -0.0236. The van der Waals surface area contributed by atoms with Gasteiger partial charge in [-0.3, -0.25) is 4.79 Å². The zero-order valence-electron chi connectivity index (χ0n) is 12.4. The molecule has 2 aromatic rings. The van der Waals surface area contributed by atoms with Crippen LogP contribution in [0.1, 0.15) is 23.3 Å². The van der Waals surface area contributed by atoms with Crippen LogP contribution < -0.4 is 0 Å². The Kier molecular flexibility index (Phi) is 6.90. The first-order chi connectivity index (χ1) is 10.7. The van der Waals surface area contributed by atoms with E-state index in [0.29, 0.717) is 24.5 Å². The number of nitrogens with zero attached hydrogens (tertiary/aromatic N) is 1. The molecule has 0 radical (unpaired) electrons. The Morgan fingerprint density at radius 2 is 2.00 bits per heavy atom. The van der Waals surface area contributed by atoms with E-state index in [-0.39, 0.29) is 12.5 Å². The van der Waals surface area contributed by atoms with E-state index in [2.05, 4.69) is 11.4 Å². The second-order valence-electron chi connectivity index (χ2n) is 5.10. The standard InChI is InChI=1S/C17H20ClNO2S/c18-15-8-6-14(7-9-15)13-19(10-11-20)17(21)5-1-3-16-4-2-12-22-16/h2,4,6-9,12,20H,1,3,5,10-11,13H2. The number of hydrogen-bond donors (Lipinski definition) is 1. The van der Waals surface area contributed by atoms with Gasteiger partial charge in [0.25, 0.3) is 0 Å². The molecule has 0 aliphatic rings. The third-order valence-electron chi connectivity index (χ3n) is 3.40. The van der Waals surface area contributed by atoms with Gasteiger partial charge in [-0.25, -0.2) is 0 Å². The summed E-state index contributed by atoms with van der Waals surface area (Å²) in [4.78, 5) is 15.3. The number of aryl methyl sites for hydroxylation is 1. The number of rotatable bonds is 8. The molecule has 1 aromatic carbocycles. The lowest BCUT2D eigenvalue weighted by Gasteiger charge is -2.22. The Hall–Kier alpha value is -1.36. The molecule has 5 heteroatoms. The van der Waals surface area contributed by atoms with Gasteiger partial charge in [0.1, 0.15) is 0 Å². The maximum absolute atomic E-state index is 12.3. The highest BCUT2D eigenvalue weighted by molar-refractivity contribution is 7.09. The first-order valence-electron chi connectivity index (χ1n) is 7.34. The van der Waals surface area contributed by atoms with Crippen LogP contribution in [0, 0.1) is 0 Å². The molecule has 22 heavy (non-hydrogen) atoms. The monoisotopic (exact) mass is 337 g/mol. The average molecular weight is 338 g/mol. The summed E-state index contributed by atoms with van der Waals surface area (Å²) in [7, 11) is 0. The summed E-state index contributed by atoms with van der Waals surface area (Å²) in [5.41, 5.74) is 1.02. The summed E-state index contributed by atoms with van der Waals surface area (Å²) in [6.45, 7) is 0.848. The van der Waals surface area contributed by atoms with Crippen LogP contribution in [0.2, 0.25) is 5.02 Å². The van der Waals surface area contributed by atoms with Gasteiger partial charge in [0.05, 0.1) is 6.61 Å². The van der Waals surface area contributed by atoms with E-state index in [0.717, 1.165) is 18.4 Å². The van der Waals surface area contributed by atoms with Gasteiger partial charge in [-0.1, -0.05) is 29.8 Å². The molecule has 0 aliphatic carbocycles. The molecule has 0 atom stereocenters. The fourth-order valence-electron chi connectivity index (χ4n) is 2.25. The van der Waals surface area contributed by atoms with Crippen molar-refractivity contribution in [2.75, 3.05) is 13.2 Å². The Labute approximate surface area is 140 Å². The molecule has 1 amide bonds. The molecule has 0 fully saturated rings. The zero-order valence-corrected chi connectivity index (χ0v) is 13.9. The molecule has 0 unspecified atom stereocenters. The largest absolute Gasteiger partial charge is 0.395 e. The van der Waals surface area contributed by atoms with Gasteiger partial charge < -0.3 is 10.0 Å². The number of thiophene rings is 1. The number of aliphatic hydroxyl groups excluding tert-OH is 1. The average Bonchev–Trinajstić information content (AvgIpc) is 3.02. The first-order valence-corrected chi connectivity index (χ1v) is 8.60. The minimum absolute atomic E-state index is 0.0236. The number of aliphatic hydroxyl groups is 1. The van der Waals surface area contributed by atoms with Crippen LogP contribution in [0.3, 0.4) is 0 Å². The van der Waals surface area contributed by atoms with Gasteiger partial charge in [0, 0.05) is 29.4 Å². The van der Waals surface area contributed by atoms with Gasteiger partial charge in [0.15, 0.2) is 0 Å². The van der Waals surface area contributed by atoms with E-state index in [1.165, 1.54) is 4.88 Å². The van der Waals surface area contributed by atoms with Crippen LogP contribution >= 0.6 is 22.9 Å². The topological polar surface area (TPSA) is 40.5 Å². The van der Waals surface area contributed by atoms with Crippen LogP contribution in [0.15, 0.2) is 41.8 Å². The van der Waals surface area contributed by atoms with Crippen LogP contribution in [0.25, 0.3) is 0 Å². The van der Waals surface area contributed by atoms with E-state index >= 15 is 0 Å². The Bertz CT molecular complexity index is 569. The lowest BCUT2D eigenvalue weighted by atomic mass is 10.1. The van der Waals surface area contributed by atoms with Crippen molar-refractivity contribution in [2.45, 2.75) is 25.8 Å². The van der Waals surface area contributed by atoms with Crippen LogP contribution in [0.4, 0.5) is 0 Å². The maximum atomic E-state index is 12.3. The maximum Gasteiger partial charge on any atom is 0.222 e. The SMILES string of the molecule is O=C(CCCc1cccs1)N(CCO)Cc1ccc(Cl)cc1. The predicted octanol–water partition coefficient (Wildman–Crippen LogP) is 3.75. The molecular weight excluding hydrogens is 318 g/mol. The molecule has 0 aliphatic heterocycles. The number of hydrogen-bond acceptors (Lipinski definition) is 3. The van der Waals surface area contributed by atoms with Crippen LogP contribution in [-0.4, -0.2) is 29.1 Å². The van der Waals surface area contributed by atoms with Crippen molar-refractivity contribution in [3.63, 3.8) is 0 Å². The summed E-state index contributed by atoms with van der Waals surface area (Å²) >= 11 is 7.59. The molecule has 0 spiro atoms. The number of amides is 1. The highest BCUT2D eigenvalue weighted by atomic mass is 35.5. The Balaban J connectivity index is 1.85. The van der Waals surface area contributed by atoms with Gasteiger partial charge in [-0.05, 0) is 42.0 Å². The van der Waals surface area contributed by atoms with Crippen molar-refractivity contribution in [1.82, 2.24) is 4.90 Å². The molecule has 118 valence electrons. The summed E-state index contributed by atoms with van der Waals surface area (Å²) in [5.74, 6) is 0.0838. The number of benzene rings is 1. The predicted molar refractivity (Wildman–Crippen MR) is 91.2 cm³/mol. The number of halogens is 1. The van der Waals surface area contributed by atoms with E-state index in [1.54, 1.807) is 16.2 Å². The summed E-state index contributed by atoms with van der Waals surface area (Å²) in [5, 5.41) is 11.9. The third kappa shape index (κ3) is 5.44. The van der Waals surface area contributed by atoms with Crippen LogP contribution in [0.5, 0.6) is 0 Å². The Morgan fingerprint density at radius 3 is 2.64 bits per heavy atom. The molecule has 0 bridgehead atoms. The minimum Gasteiger partial charge on any atom is -0.395 e. The number of carbonyl (C=O) groups is 1. The normalized spacial score (nSPS) is 10.6. The molecule has 2 rings (SSSR count). The van der Waals surface area contributed by atoms with Crippen molar-refractivity contribution in [3.8, 4) is 0 Å². The first kappa shape index (κ1) is 17.0. The van der Waals surface area contributed by atoms with E-state index in [4.69, 9.17) is 11.6 Å². The van der Waals surface area contributed by atoms with Crippen molar-refractivity contribution in [2.24, 2.45) is 0 Å². The molecule has 1 N–H and O–H groups in total. The summed E-state index contributed by atoms with van der Waals surface area (Å²) in [6, 6.07) is 11.6. The van der Waals surface area contributed by atoms with Crippen molar-refractivity contribution in [3.05, 3.63) is 57.2 Å². The molecule has 3 nitrogen and oxygen atoms in total. The third-order valence-corrected chi connectivity index (χ3v) is 4.59. The molecule has 1 aromatic heterocycles. The number of carbonyl (C=O) groups excluding carboxylic acids is 1. The second kappa shape index (κ2) is 8.93. The lowest BCUT2D eigenvalue weighted by Crippen LogP contribution is -2.33. The summed E-state index contributed by atoms with van der Waals surface area (Å²) < 4.78 is 0. The highest BCUT2D eigenvalue weighted by Gasteiger charge is 2.13. The quantitative estimate of drug-likeness (QED) is 0.797. The van der Waals surface area contributed by atoms with Crippen molar-refractivity contribution in [1.29, 1.82) is 0 Å². The zero-order chi connectivity index (χ0) is 15.8. The van der Waals surface area contributed by atoms with Gasteiger partial charge in [-0.15, -0.1) is 11.3 Å². The second-order valence-corrected chi connectivity index (χ2v) is 6.57. The lowest BCUT2D eigenvalue weighted by molar-refractivity contribution is -0.132. The molecule has 0 saturated heterocycles. The smallest absolute Gasteiger partial charge is 0.222 e. The molecular formula is C17H20ClNO2S. The van der Waals surface area contributed by atoms with Gasteiger partial charge in [-0.2, -0.15) is 0 Å². The van der Waals surface area contributed by atoms with Crippen LogP contribution in [-0.2, 0) is 17.8 Å². The molecule has 0 saturated carbocycles. The van der Waals surface area contributed by atoms with Gasteiger partial charge >= 0.3 is 0 Å². The van der Waals surface area contributed by atoms with E-state index in [9.17, 15) is 9.90 Å². The Morgan fingerprint density at radius 1 is 1.23 bits per heavy atom.